The SMILES string of the molecule is CCCc1c(N)c(=O)n(-c2ccccc2F)n1CCC. The van der Waals surface area contributed by atoms with Crippen LogP contribution in [0.4, 0.5) is 10.1 Å². The lowest BCUT2D eigenvalue weighted by atomic mass is 10.2. The Labute approximate surface area is 117 Å². The first-order chi connectivity index (χ1) is 9.61. The highest BCUT2D eigenvalue weighted by Crippen LogP contribution is 2.18. The van der Waals surface area contributed by atoms with Crippen molar-refractivity contribution in [2.75, 3.05) is 5.73 Å². The molecule has 0 saturated heterocycles. The number of nitrogens with zero attached hydrogens (tertiary/aromatic N) is 2. The molecule has 1 heterocycles. The number of benzene rings is 1. The quantitative estimate of drug-likeness (QED) is 0.913. The van der Waals surface area contributed by atoms with Crippen LogP contribution in [-0.2, 0) is 13.0 Å². The van der Waals surface area contributed by atoms with Crippen LogP contribution < -0.4 is 11.3 Å². The third-order valence-electron chi connectivity index (χ3n) is 3.29. The minimum Gasteiger partial charge on any atom is -0.393 e. The van der Waals surface area contributed by atoms with Gasteiger partial charge in [-0.25, -0.2) is 9.07 Å². The molecule has 0 radical (unpaired) electrons. The van der Waals surface area contributed by atoms with E-state index >= 15 is 0 Å². The van der Waals surface area contributed by atoms with Gasteiger partial charge in [0.1, 0.15) is 17.2 Å². The molecule has 0 unspecified atom stereocenters. The van der Waals surface area contributed by atoms with E-state index in [9.17, 15) is 9.18 Å². The van der Waals surface area contributed by atoms with Crippen molar-refractivity contribution in [2.45, 2.75) is 39.7 Å². The van der Waals surface area contributed by atoms with Gasteiger partial charge >= 0.3 is 0 Å². The fourth-order valence-corrected chi connectivity index (χ4v) is 2.42. The molecule has 0 aliphatic carbocycles. The second kappa shape index (κ2) is 5.94. The summed E-state index contributed by atoms with van der Waals surface area (Å²) in [6.07, 6.45) is 2.44. The number of hydrogen-bond acceptors (Lipinski definition) is 2. The second-order valence-corrected chi connectivity index (χ2v) is 4.80. The average molecular weight is 277 g/mol. The van der Waals surface area contributed by atoms with E-state index < -0.39 is 5.82 Å². The molecule has 2 aromatic rings. The molecule has 2 rings (SSSR count). The van der Waals surface area contributed by atoms with Crippen molar-refractivity contribution >= 4 is 5.69 Å². The van der Waals surface area contributed by atoms with Gasteiger partial charge in [-0.05, 0) is 25.0 Å². The molecule has 1 aromatic heterocycles. The molecule has 0 saturated carbocycles. The Morgan fingerprint density at radius 3 is 2.50 bits per heavy atom. The first kappa shape index (κ1) is 14.4. The van der Waals surface area contributed by atoms with Gasteiger partial charge in [0, 0.05) is 6.54 Å². The fourth-order valence-electron chi connectivity index (χ4n) is 2.42. The summed E-state index contributed by atoms with van der Waals surface area (Å²) in [6, 6.07) is 6.26. The van der Waals surface area contributed by atoms with Crippen LogP contribution in [0.3, 0.4) is 0 Å². The third-order valence-corrected chi connectivity index (χ3v) is 3.29. The molecule has 0 aliphatic heterocycles. The highest BCUT2D eigenvalue weighted by Gasteiger charge is 2.19. The summed E-state index contributed by atoms with van der Waals surface area (Å²) >= 11 is 0. The summed E-state index contributed by atoms with van der Waals surface area (Å²) in [5, 5.41) is 0. The summed E-state index contributed by atoms with van der Waals surface area (Å²) in [6.45, 7) is 4.68. The van der Waals surface area contributed by atoms with Crippen LogP contribution in [0.25, 0.3) is 5.69 Å². The van der Waals surface area contributed by atoms with E-state index in [4.69, 9.17) is 5.73 Å². The molecule has 0 spiro atoms. The van der Waals surface area contributed by atoms with Gasteiger partial charge in [-0.3, -0.25) is 9.48 Å². The predicted octanol–water partition coefficient (Wildman–Crippen LogP) is 2.72. The Bertz CT molecular complexity index is 658. The van der Waals surface area contributed by atoms with E-state index in [1.807, 2.05) is 13.8 Å². The van der Waals surface area contributed by atoms with E-state index in [0.717, 1.165) is 18.5 Å². The highest BCUT2D eigenvalue weighted by molar-refractivity contribution is 5.46. The summed E-state index contributed by atoms with van der Waals surface area (Å²) in [4.78, 5) is 12.4. The Balaban J connectivity index is 2.72. The van der Waals surface area contributed by atoms with Gasteiger partial charge in [0.25, 0.3) is 5.56 Å². The topological polar surface area (TPSA) is 53.0 Å². The first-order valence-corrected chi connectivity index (χ1v) is 6.96. The van der Waals surface area contributed by atoms with Crippen LogP contribution in [0.1, 0.15) is 32.4 Å². The summed E-state index contributed by atoms with van der Waals surface area (Å²) in [5.41, 5.74) is 6.86. The smallest absolute Gasteiger partial charge is 0.294 e. The van der Waals surface area contributed by atoms with Crippen molar-refractivity contribution in [2.24, 2.45) is 0 Å². The maximum Gasteiger partial charge on any atom is 0.294 e. The van der Waals surface area contributed by atoms with Gasteiger partial charge in [0.05, 0.1) is 5.69 Å². The second-order valence-electron chi connectivity index (χ2n) is 4.80. The number of hydrogen-bond donors (Lipinski definition) is 1. The van der Waals surface area contributed by atoms with Gasteiger partial charge in [0.2, 0.25) is 0 Å². The maximum absolute atomic E-state index is 14.0. The molecule has 0 amide bonds. The largest absolute Gasteiger partial charge is 0.393 e. The first-order valence-electron chi connectivity index (χ1n) is 6.96. The van der Waals surface area contributed by atoms with E-state index in [1.54, 1.807) is 22.9 Å². The van der Waals surface area contributed by atoms with E-state index in [1.165, 1.54) is 10.7 Å². The number of anilines is 1. The van der Waals surface area contributed by atoms with Gasteiger partial charge < -0.3 is 5.73 Å². The molecular weight excluding hydrogens is 257 g/mol. The van der Waals surface area contributed by atoms with Crippen LogP contribution in [0.15, 0.2) is 29.1 Å². The molecule has 2 N–H and O–H groups in total. The third kappa shape index (κ3) is 2.35. The lowest BCUT2D eigenvalue weighted by molar-refractivity contribution is 0.496. The monoisotopic (exact) mass is 277 g/mol. The predicted molar refractivity (Wildman–Crippen MR) is 78.7 cm³/mol. The molecule has 108 valence electrons. The van der Waals surface area contributed by atoms with Crippen LogP contribution >= 0.6 is 0 Å². The molecule has 0 bridgehead atoms. The molecular formula is C15H20FN3O. The lowest BCUT2D eigenvalue weighted by Gasteiger charge is -2.14. The molecule has 5 heteroatoms. The molecule has 20 heavy (non-hydrogen) atoms. The number of rotatable bonds is 5. The highest BCUT2D eigenvalue weighted by atomic mass is 19.1. The summed E-state index contributed by atoms with van der Waals surface area (Å²) in [5.74, 6) is -0.424. The summed E-state index contributed by atoms with van der Waals surface area (Å²) < 4.78 is 17.2. The molecule has 0 atom stereocenters. The average Bonchev–Trinajstić information content (AvgIpc) is 2.66. The van der Waals surface area contributed by atoms with Crippen molar-refractivity contribution < 1.29 is 4.39 Å². The number of nitrogen functional groups attached to an aromatic ring is 1. The van der Waals surface area contributed by atoms with Crippen molar-refractivity contribution in [3.8, 4) is 5.69 Å². The van der Waals surface area contributed by atoms with Crippen LogP contribution in [0.5, 0.6) is 0 Å². The van der Waals surface area contributed by atoms with E-state index in [2.05, 4.69) is 0 Å². The Hall–Kier alpha value is -2.04. The van der Waals surface area contributed by atoms with Gasteiger partial charge in [-0.1, -0.05) is 32.4 Å². The van der Waals surface area contributed by atoms with E-state index in [-0.39, 0.29) is 16.9 Å². The number of nitrogens with two attached hydrogens (primary N) is 1. The Kier molecular flexibility index (Phi) is 4.27. The van der Waals surface area contributed by atoms with Crippen LogP contribution in [0, 0.1) is 5.82 Å². The Morgan fingerprint density at radius 2 is 1.90 bits per heavy atom. The zero-order valence-corrected chi connectivity index (χ0v) is 11.9. The van der Waals surface area contributed by atoms with Crippen LogP contribution in [0.2, 0.25) is 0 Å². The number of aromatic nitrogens is 2. The lowest BCUT2D eigenvalue weighted by Crippen LogP contribution is -2.23. The molecule has 4 nitrogen and oxygen atoms in total. The van der Waals surface area contributed by atoms with Crippen molar-refractivity contribution in [3.05, 3.63) is 46.1 Å². The van der Waals surface area contributed by atoms with Crippen molar-refractivity contribution in [3.63, 3.8) is 0 Å². The zero-order valence-electron chi connectivity index (χ0n) is 11.9. The normalized spacial score (nSPS) is 10.9. The minimum atomic E-state index is -0.424. The maximum atomic E-state index is 14.0. The van der Waals surface area contributed by atoms with Crippen LogP contribution in [-0.4, -0.2) is 9.36 Å². The minimum absolute atomic E-state index is 0.226. The number of para-hydroxylation sites is 1. The summed E-state index contributed by atoms with van der Waals surface area (Å²) in [7, 11) is 0. The molecule has 1 aromatic carbocycles. The van der Waals surface area contributed by atoms with Gasteiger partial charge in [0.15, 0.2) is 0 Å². The van der Waals surface area contributed by atoms with Gasteiger partial charge in [-0.15, -0.1) is 0 Å². The van der Waals surface area contributed by atoms with Crippen molar-refractivity contribution in [1.82, 2.24) is 9.36 Å². The number of halogens is 1. The van der Waals surface area contributed by atoms with E-state index in [0.29, 0.717) is 13.0 Å². The molecule has 0 fully saturated rings. The Morgan fingerprint density at radius 1 is 1.20 bits per heavy atom. The van der Waals surface area contributed by atoms with Crippen molar-refractivity contribution in [1.29, 1.82) is 0 Å². The fraction of sp³-hybridized carbons (Fsp3) is 0.400. The molecule has 0 aliphatic rings. The zero-order chi connectivity index (χ0) is 14.7. The van der Waals surface area contributed by atoms with Gasteiger partial charge in [-0.2, -0.15) is 0 Å². The standard InChI is InChI=1S/C15H20FN3O/c1-3-7-13-14(17)15(20)19(18(13)10-4-2)12-9-6-5-8-11(12)16/h5-6,8-9H,3-4,7,10,17H2,1-2H3.